The quantitative estimate of drug-likeness (QED) is 0.156. The van der Waals surface area contributed by atoms with Crippen molar-refractivity contribution in [2.45, 2.75) is 39.5 Å². The van der Waals surface area contributed by atoms with E-state index in [2.05, 4.69) is 15.2 Å². The number of methoxy groups -OCH3 is 1. The van der Waals surface area contributed by atoms with Gasteiger partial charge in [-0.15, -0.1) is 11.3 Å². The van der Waals surface area contributed by atoms with E-state index in [-0.39, 0.29) is 16.6 Å². The predicted octanol–water partition coefficient (Wildman–Crippen LogP) is 6.13. The van der Waals surface area contributed by atoms with Gasteiger partial charge in [0.25, 0.3) is 17.7 Å². The smallest absolute Gasteiger partial charge is 0.270 e. The minimum Gasteiger partial charge on any atom is -0.495 e. The van der Waals surface area contributed by atoms with Crippen molar-refractivity contribution in [2.24, 2.45) is 0 Å². The minimum atomic E-state index is -0.569. The Morgan fingerprint density at radius 1 is 1.05 bits per heavy atom. The van der Waals surface area contributed by atoms with Crippen LogP contribution in [0.1, 0.15) is 50.6 Å². The van der Waals surface area contributed by atoms with Crippen LogP contribution in [0.25, 0.3) is 11.1 Å². The van der Waals surface area contributed by atoms with Crippen molar-refractivity contribution in [1.29, 1.82) is 0 Å². The van der Waals surface area contributed by atoms with Crippen LogP contribution in [0.5, 0.6) is 5.75 Å². The van der Waals surface area contributed by atoms with Crippen LogP contribution in [0.2, 0.25) is 0 Å². The fourth-order valence-electron chi connectivity index (χ4n) is 5.75. The topological polar surface area (TPSA) is 92.7 Å². The van der Waals surface area contributed by atoms with E-state index < -0.39 is 11.8 Å². The van der Waals surface area contributed by atoms with Crippen LogP contribution < -0.4 is 20.3 Å². The van der Waals surface area contributed by atoms with Gasteiger partial charge in [0.05, 0.1) is 18.4 Å². The number of fused-ring (bicyclic) bond motifs is 1. The van der Waals surface area contributed by atoms with Crippen molar-refractivity contribution in [3.63, 3.8) is 0 Å². The molecule has 2 N–H and O–H groups in total. The molecule has 3 amide bonds. The third kappa shape index (κ3) is 5.17. The van der Waals surface area contributed by atoms with Crippen molar-refractivity contribution < 1.29 is 19.1 Å². The number of benzene rings is 2. The number of carbonyl (C=O) groups is 3. The predicted molar refractivity (Wildman–Crippen MR) is 173 cm³/mol. The zero-order valence-electron chi connectivity index (χ0n) is 24.0. The molecule has 218 valence electrons. The molecular formula is C33H30N4O4S2. The molecule has 4 aromatic rings. The number of nitrogens with one attached hydrogen (secondary N) is 2. The fourth-order valence-corrected chi connectivity index (χ4v) is 7.52. The zero-order valence-corrected chi connectivity index (χ0v) is 25.7. The van der Waals surface area contributed by atoms with Crippen molar-refractivity contribution in [3.8, 4) is 10.8 Å². The van der Waals surface area contributed by atoms with Gasteiger partial charge in [0.1, 0.15) is 16.3 Å². The number of rotatable bonds is 6. The molecule has 1 aliphatic carbocycles. The molecule has 0 saturated carbocycles. The highest BCUT2D eigenvalue weighted by molar-refractivity contribution is 7.80. The zero-order chi connectivity index (χ0) is 30.2. The van der Waals surface area contributed by atoms with Gasteiger partial charge in [0.2, 0.25) is 0 Å². The molecule has 1 fully saturated rings. The number of hydrogen-bond donors (Lipinski definition) is 2. The van der Waals surface area contributed by atoms with Gasteiger partial charge in [-0.05, 0) is 99.3 Å². The summed E-state index contributed by atoms with van der Waals surface area (Å²) in [7, 11) is 1.51. The first-order valence-electron chi connectivity index (χ1n) is 14.0. The Labute approximate surface area is 259 Å². The molecule has 2 aromatic heterocycles. The highest BCUT2D eigenvalue weighted by Gasteiger charge is 2.36. The normalized spacial score (nSPS) is 15.8. The number of carbonyl (C=O) groups excluding carboxylic acids is 3. The second-order valence-corrected chi connectivity index (χ2v) is 12.0. The molecule has 43 heavy (non-hydrogen) atoms. The highest BCUT2D eigenvalue weighted by Crippen LogP contribution is 2.39. The summed E-state index contributed by atoms with van der Waals surface area (Å²) >= 11 is 7.02. The van der Waals surface area contributed by atoms with Crippen LogP contribution in [-0.2, 0) is 22.4 Å². The van der Waals surface area contributed by atoms with E-state index in [0.29, 0.717) is 22.6 Å². The molecule has 0 spiro atoms. The number of thiophene rings is 1. The number of anilines is 2. The van der Waals surface area contributed by atoms with Crippen LogP contribution in [0.3, 0.4) is 0 Å². The number of ether oxygens (including phenoxy) is 1. The summed E-state index contributed by atoms with van der Waals surface area (Å²) in [5, 5.41) is 6.56. The number of thiocarbonyl (C=S) groups is 1. The molecule has 0 atom stereocenters. The lowest BCUT2D eigenvalue weighted by Gasteiger charge is -2.29. The Hall–Kier alpha value is -4.54. The second kappa shape index (κ2) is 11.6. The van der Waals surface area contributed by atoms with Gasteiger partial charge < -0.3 is 14.6 Å². The summed E-state index contributed by atoms with van der Waals surface area (Å²) in [6.07, 6.45) is 5.52. The van der Waals surface area contributed by atoms with E-state index in [1.54, 1.807) is 41.7 Å². The SMILES string of the molecule is COc1ccccc1N1C(=O)C(=Cc2cc(C)n(-c3sc4c(c3C(=O)Nc3ccccc3)CCCC4)c2C)C(=O)NC1=S. The number of hydrogen-bond acceptors (Lipinski definition) is 6. The first-order chi connectivity index (χ1) is 20.8. The molecule has 0 radical (unpaired) electrons. The largest absolute Gasteiger partial charge is 0.495 e. The Morgan fingerprint density at radius 3 is 2.53 bits per heavy atom. The molecule has 1 saturated heterocycles. The van der Waals surface area contributed by atoms with Crippen LogP contribution in [0.4, 0.5) is 11.4 Å². The molecule has 0 unspecified atom stereocenters. The molecule has 2 aliphatic rings. The summed E-state index contributed by atoms with van der Waals surface area (Å²) in [6, 6.07) is 18.4. The maximum absolute atomic E-state index is 13.8. The minimum absolute atomic E-state index is 0.0136. The average molecular weight is 611 g/mol. The molecule has 2 aromatic carbocycles. The summed E-state index contributed by atoms with van der Waals surface area (Å²) in [5.41, 5.74) is 5.32. The Morgan fingerprint density at radius 2 is 1.77 bits per heavy atom. The van der Waals surface area contributed by atoms with E-state index in [0.717, 1.165) is 53.3 Å². The van der Waals surface area contributed by atoms with Crippen LogP contribution in [0, 0.1) is 13.8 Å². The van der Waals surface area contributed by atoms with Gasteiger partial charge in [-0.2, -0.15) is 0 Å². The number of aromatic nitrogens is 1. The average Bonchev–Trinajstić information content (AvgIpc) is 3.51. The van der Waals surface area contributed by atoms with E-state index >= 15 is 0 Å². The molecular weight excluding hydrogens is 581 g/mol. The van der Waals surface area contributed by atoms with E-state index in [9.17, 15) is 14.4 Å². The first kappa shape index (κ1) is 28.6. The van der Waals surface area contributed by atoms with Crippen molar-refractivity contribution in [1.82, 2.24) is 9.88 Å². The Balaban J connectivity index is 1.42. The van der Waals surface area contributed by atoms with Gasteiger partial charge in [-0.25, -0.2) is 4.90 Å². The summed E-state index contributed by atoms with van der Waals surface area (Å²) in [6.45, 7) is 3.90. The van der Waals surface area contributed by atoms with Gasteiger partial charge in [0, 0.05) is 22.0 Å². The van der Waals surface area contributed by atoms with E-state index in [4.69, 9.17) is 17.0 Å². The lowest BCUT2D eigenvalue weighted by molar-refractivity contribution is -0.122. The first-order valence-corrected chi connectivity index (χ1v) is 15.3. The van der Waals surface area contributed by atoms with E-state index in [1.165, 1.54) is 16.9 Å². The van der Waals surface area contributed by atoms with Crippen molar-refractivity contribution in [3.05, 3.63) is 99.2 Å². The number of aryl methyl sites for hydroxylation is 2. The molecule has 10 heteroatoms. The maximum Gasteiger partial charge on any atom is 0.270 e. The van der Waals surface area contributed by atoms with Gasteiger partial charge in [0.15, 0.2) is 5.11 Å². The van der Waals surface area contributed by atoms with Crippen molar-refractivity contribution >= 4 is 63.8 Å². The van der Waals surface area contributed by atoms with E-state index in [1.807, 2.05) is 50.2 Å². The Kier molecular flexibility index (Phi) is 7.72. The van der Waals surface area contributed by atoms with Crippen molar-refractivity contribution in [2.75, 3.05) is 17.3 Å². The molecule has 0 bridgehead atoms. The fraction of sp³-hybridized carbons (Fsp3) is 0.212. The maximum atomic E-state index is 13.8. The van der Waals surface area contributed by atoms with Crippen LogP contribution in [-0.4, -0.2) is 34.5 Å². The lowest BCUT2D eigenvalue weighted by atomic mass is 9.95. The molecule has 1 aliphatic heterocycles. The molecule has 3 heterocycles. The monoisotopic (exact) mass is 610 g/mol. The van der Waals surface area contributed by atoms with Gasteiger partial charge in [-0.3, -0.25) is 19.7 Å². The molecule has 8 nitrogen and oxygen atoms in total. The number of para-hydroxylation sites is 3. The number of amides is 3. The molecule has 6 rings (SSSR count). The number of nitrogens with zero attached hydrogens (tertiary/aromatic N) is 2. The third-order valence-corrected chi connectivity index (χ3v) is 9.37. The second-order valence-electron chi connectivity index (χ2n) is 10.5. The summed E-state index contributed by atoms with van der Waals surface area (Å²) in [5.74, 6) is -0.802. The highest BCUT2D eigenvalue weighted by atomic mass is 32.1. The Bertz CT molecular complexity index is 1820. The van der Waals surface area contributed by atoms with Crippen LogP contribution in [0.15, 0.2) is 66.2 Å². The van der Waals surface area contributed by atoms with Gasteiger partial charge in [-0.1, -0.05) is 30.3 Å². The summed E-state index contributed by atoms with van der Waals surface area (Å²) in [4.78, 5) is 43.1. The van der Waals surface area contributed by atoms with Crippen LogP contribution >= 0.6 is 23.6 Å². The standard InChI is InChI=1S/C33H30N4O4S2/c1-19-17-21(18-24-29(38)35-33(42)37(31(24)40)25-14-8-9-15-26(25)41-3)20(2)36(19)32-28(23-13-7-10-16-27(23)43-32)30(39)34-22-11-5-4-6-12-22/h4-6,8-9,11-12,14-15,17-18H,7,10,13,16H2,1-3H3,(H,34,39)(H,35,38,42). The summed E-state index contributed by atoms with van der Waals surface area (Å²) < 4.78 is 7.50. The van der Waals surface area contributed by atoms with Gasteiger partial charge >= 0.3 is 0 Å². The lowest BCUT2D eigenvalue weighted by Crippen LogP contribution is -2.54. The third-order valence-electron chi connectivity index (χ3n) is 7.81.